The van der Waals surface area contributed by atoms with Crippen LogP contribution in [0.1, 0.15) is 5.56 Å². The van der Waals surface area contributed by atoms with Gasteiger partial charge in [0.2, 0.25) is 6.41 Å². The Morgan fingerprint density at radius 3 is 2.52 bits per heavy atom. The minimum atomic E-state index is -0.501. The lowest BCUT2D eigenvalue weighted by Crippen LogP contribution is -2.43. The number of carbonyl (C=O) groups excluding carboxylic acids is 2. The highest BCUT2D eigenvalue weighted by molar-refractivity contribution is 6.06. The van der Waals surface area contributed by atoms with Gasteiger partial charge in [0.05, 0.1) is 0 Å². The van der Waals surface area contributed by atoms with Crippen molar-refractivity contribution in [3.05, 3.63) is 35.5 Å². The van der Waals surface area contributed by atoms with Gasteiger partial charge < -0.3 is 20.2 Å². The van der Waals surface area contributed by atoms with Crippen LogP contribution in [0.2, 0.25) is 0 Å². The van der Waals surface area contributed by atoms with Crippen LogP contribution in [-0.4, -0.2) is 53.4 Å². The predicted molar refractivity (Wildman–Crippen MR) is 84.4 cm³/mol. The highest BCUT2D eigenvalue weighted by Crippen LogP contribution is 2.20. The molecule has 0 aliphatic carbocycles. The molecule has 7 nitrogen and oxygen atoms in total. The Hall–Kier alpha value is -3.01. The molecule has 1 aromatic rings. The van der Waals surface area contributed by atoms with Gasteiger partial charge in [-0.15, -0.1) is 0 Å². The molecule has 1 saturated heterocycles. The number of carbonyl (C=O) groups is 2. The molecule has 0 atom stereocenters. The standard InChI is InChI=1S/C16H18N4O3/c1-12-8-14(22)2-3-15(12)18-16(23)13(9-17)10-19-4-6-20(11-21)7-5-19/h2-3,8,10-11,22H,4-7H2,1H3,(H,18,23)/b13-10-. The van der Waals surface area contributed by atoms with Crippen molar-refractivity contribution < 1.29 is 14.7 Å². The van der Waals surface area contributed by atoms with Crippen molar-refractivity contribution in [1.29, 1.82) is 5.26 Å². The maximum atomic E-state index is 12.2. The number of aromatic hydroxyl groups is 1. The van der Waals surface area contributed by atoms with Gasteiger partial charge in [0.15, 0.2) is 0 Å². The van der Waals surface area contributed by atoms with E-state index in [9.17, 15) is 20.0 Å². The van der Waals surface area contributed by atoms with Crippen molar-refractivity contribution in [1.82, 2.24) is 9.80 Å². The van der Waals surface area contributed by atoms with Crippen LogP contribution < -0.4 is 5.32 Å². The molecule has 0 radical (unpaired) electrons. The molecule has 1 aromatic carbocycles. The number of piperazine rings is 1. The van der Waals surface area contributed by atoms with Gasteiger partial charge in [-0.1, -0.05) is 0 Å². The van der Waals surface area contributed by atoms with E-state index in [2.05, 4.69) is 5.32 Å². The third kappa shape index (κ3) is 4.23. The van der Waals surface area contributed by atoms with Gasteiger partial charge in [0.1, 0.15) is 17.4 Å². The number of nitriles is 1. The lowest BCUT2D eigenvalue weighted by molar-refractivity contribution is -0.119. The molecule has 1 heterocycles. The number of hydrogen-bond donors (Lipinski definition) is 2. The molecule has 2 amide bonds. The van der Waals surface area contributed by atoms with Gasteiger partial charge in [0.25, 0.3) is 5.91 Å². The summed E-state index contributed by atoms with van der Waals surface area (Å²) in [5.74, 6) is -0.385. The summed E-state index contributed by atoms with van der Waals surface area (Å²) in [6, 6.07) is 6.49. The summed E-state index contributed by atoms with van der Waals surface area (Å²) in [6.07, 6.45) is 2.32. The molecule has 0 unspecified atom stereocenters. The molecule has 120 valence electrons. The van der Waals surface area contributed by atoms with Crippen LogP contribution >= 0.6 is 0 Å². The molecular formula is C16H18N4O3. The number of benzene rings is 1. The number of aryl methyl sites for hydroxylation is 1. The second-order valence-electron chi connectivity index (χ2n) is 5.29. The summed E-state index contributed by atoms with van der Waals surface area (Å²) < 4.78 is 0. The average Bonchev–Trinajstić information content (AvgIpc) is 2.55. The van der Waals surface area contributed by atoms with Gasteiger partial charge in [-0.3, -0.25) is 9.59 Å². The first-order valence-electron chi connectivity index (χ1n) is 7.20. The van der Waals surface area contributed by atoms with Gasteiger partial charge in [0, 0.05) is 38.1 Å². The Balaban J connectivity index is 2.05. The monoisotopic (exact) mass is 314 g/mol. The van der Waals surface area contributed by atoms with E-state index in [4.69, 9.17) is 0 Å². The number of nitrogens with one attached hydrogen (secondary N) is 1. The van der Waals surface area contributed by atoms with E-state index in [0.717, 1.165) is 6.41 Å². The smallest absolute Gasteiger partial charge is 0.267 e. The lowest BCUT2D eigenvalue weighted by atomic mass is 10.1. The number of anilines is 1. The Morgan fingerprint density at radius 1 is 1.30 bits per heavy atom. The highest BCUT2D eigenvalue weighted by atomic mass is 16.3. The minimum absolute atomic E-state index is 0.00275. The van der Waals surface area contributed by atoms with Crippen LogP contribution in [0, 0.1) is 18.3 Å². The molecule has 2 N–H and O–H groups in total. The molecule has 1 fully saturated rings. The maximum Gasteiger partial charge on any atom is 0.267 e. The number of rotatable bonds is 4. The fraction of sp³-hybridized carbons (Fsp3) is 0.312. The quantitative estimate of drug-likeness (QED) is 0.371. The molecule has 0 saturated carbocycles. The Morgan fingerprint density at radius 2 is 1.96 bits per heavy atom. The van der Waals surface area contributed by atoms with Crippen molar-refractivity contribution in [3.63, 3.8) is 0 Å². The number of phenols is 1. The summed E-state index contributed by atoms with van der Waals surface area (Å²) in [6.45, 7) is 4.05. The molecule has 0 spiro atoms. The number of hydrogen-bond acceptors (Lipinski definition) is 5. The second kappa shape index (κ2) is 7.31. The Labute approximate surface area is 134 Å². The normalized spacial score (nSPS) is 15.0. The van der Waals surface area contributed by atoms with Crippen LogP contribution in [0.5, 0.6) is 5.75 Å². The van der Waals surface area contributed by atoms with E-state index in [1.54, 1.807) is 17.9 Å². The number of phenolic OH excluding ortho intramolecular Hbond substituents is 1. The van der Waals surface area contributed by atoms with Crippen LogP contribution in [-0.2, 0) is 9.59 Å². The summed E-state index contributed by atoms with van der Waals surface area (Å²) in [5.41, 5.74) is 1.24. The average molecular weight is 314 g/mol. The van der Waals surface area contributed by atoms with E-state index >= 15 is 0 Å². The Bertz CT molecular complexity index is 670. The fourth-order valence-corrected chi connectivity index (χ4v) is 2.27. The van der Waals surface area contributed by atoms with Gasteiger partial charge in [-0.05, 0) is 30.7 Å². The lowest BCUT2D eigenvalue weighted by Gasteiger charge is -2.31. The van der Waals surface area contributed by atoms with Crippen LogP contribution in [0.3, 0.4) is 0 Å². The van der Waals surface area contributed by atoms with Crippen LogP contribution in [0.4, 0.5) is 5.69 Å². The topological polar surface area (TPSA) is 96.7 Å². The molecule has 2 rings (SSSR count). The molecule has 1 aliphatic heterocycles. The maximum absolute atomic E-state index is 12.2. The minimum Gasteiger partial charge on any atom is -0.508 e. The van der Waals surface area contributed by atoms with Gasteiger partial charge >= 0.3 is 0 Å². The highest BCUT2D eigenvalue weighted by Gasteiger charge is 2.16. The van der Waals surface area contributed by atoms with E-state index in [1.807, 2.05) is 11.0 Å². The van der Waals surface area contributed by atoms with E-state index in [-0.39, 0.29) is 11.3 Å². The third-order valence-corrected chi connectivity index (χ3v) is 3.63. The molecule has 0 bridgehead atoms. The van der Waals surface area contributed by atoms with Gasteiger partial charge in [-0.25, -0.2) is 0 Å². The van der Waals surface area contributed by atoms with Crippen molar-refractivity contribution in [2.24, 2.45) is 0 Å². The van der Waals surface area contributed by atoms with E-state index < -0.39 is 5.91 Å². The van der Waals surface area contributed by atoms with E-state index in [0.29, 0.717) is 37.4 Å². The zero-order chi connectivity index (χ0) is 16.8. The second-order valence-corrected chi connectivity index (χ2v) is 5.29. The summed E-state index contributed by atoms with van der Waals surface area (Å²) in [5, 5.41) is 21.2. The van der Waals surface area contributed by atoms with Crippen LogP contribution in [0.25, 0.3) is 0 Å². The van der Waals surface area contributed by atoms with Gasteiger partial charge in [-0.2, -0.15) is 5.26 Å². The van der Waals surface area contributed by atoms with Crippen molar-refractivity contribution in [2.75, 3.05) is 31.5 Å². The molecule has 1 aliphatic rings. The fourth-order valence-electron chi connectivity index (χ4n) is 2.27. The molecule has 23 heavy (non-hydrogen) atoms. The summed E-state index contributed by atoms with van der Waals surface area (Å²) in [7, 11) is 0. The van der Waals surface area contributed by atoms with Crippen molar-refractivity contribution in [2.45, 2.75) is 6.92 Å². The first-order chi connectivity index (χ1) is 11.0. The predicted octanol–water partition coefficient (Wildman–Crippen LogP) is 0.821. The van der Waals surface area contributed by atoms with Crippen LogP contribution in [0.15, 0.2) is 30.0 Å². The molecule has 7 heteroatoms. The first-order valence-corrected chi connectivity index (χ1v) is 7.20. The largest absolute Gasteiger partial charge is 0.508 e. The summed E-state index contributed by atoms with van der Waals surface area (Å²) in [4.78, 5) is 26.4. The summed E-state index contributed by atoms with van der Waals surface area (Å²) >= 11 is 0. The zero-order valence-electron chi connectivity index (χ0n) is 12.8. The number of amides is 2. The molecule has 0 aromatic heterocycles. The number of nitrogens with zero attached hydrogens (tertiary/aromatic N) is 3. The molecular weight excluding hydrogens is 296 g/mol. The SMILES string of the molecule is Cc1cc(O)ccc1NC(=O)/C(C#N)=C\N1CCN(C=O)CC1. The van der Waals surface area contributed by atoms with E-state index in [1.165, 1.54) is 18.3 Å². The van der Waals surface area contributed by atoms with Crippen molar-refractivity contribution in [3.8, 4) is 11.8 Å². The third-order valence-electron chi connectivity index (χ3n) is 3.63. The Kier molecular flexibility index (Phi) is 5.20. The zero-order valence-corrected chi connectivity index (χ0v) is 12.8. The first kappa shape index (κ1) is 16.4. The van der Waals surface area contributed by atoms with Crippen molar-refractivity contribution >= 4 is 18.0 Å².